The van der Waals surface area contributed by atoms with Crippen molar-refractivity contribution in [2.24, 2.45) is 11.8 Å². The summed E-state index contributed by atoms with van der Waals surface area (Å²) in [4.78, 5) is 25.1. The SMILES string of the molecule is O=C(COc1ccc(Cl)c(F)c1)NC1CC2(NC(=O)C3CC(CCO)CCN3)CC1C2. The van der Waals surface area contributed by atoms with Gasteiger partial charge in [0.1, 0.15) is 11.6 Å². The molecule has 5 rings (SSSR count). The zero-order valence-electron chi connectivity index (χ0n) is 17.3. The van der Waals surface area contributed by atoms with E-state index in [-0.39, 0.29) is 53.4 Å². The molecule has 0 spiro atoms. The van der Waals surface area contributed by atoms with E-state index < -0.39 is 5.82 Å². The van der Waals surface area contributed by atoms with E-state index in [1.165, 1.54) is 12.1 Å². The molecule has 1 aromatic rings. The Kier molecular flexibility index (Phi) is 6.69. The fourth-order valence-electron chi connectivity index (χ4n) is 5.26. The number of piperidine rings is 1. The van der Waals surface area contributed by atoms with Gasteiger partial charge in [-0.25, -0.2) is 4.39 Å². The summed E-state index contributed by atoms with van der Waals surface area (Å²) in [6, 6.07) is 3.83. The molecule has 3 unspecified atom stereocenters. The van der Waals surface area contributed by atoms with Crippen LogP contribution in [0, 0.1) is 17.7 Å². The Balaban J connectivity index is 1.23. The quantitative estimate of drug-likeness (QED) is 0.480. The zero-order chi connectivity index (χ0) is 22.0. The Hall–Kier alpha value is -1.90. The predicted molar refractivity (Wildman–Crippen MR) is 113 cm³/mol. The van der Waals surface area contributed by atoms with E-state index in [0.29, 0.717) is 18.3 Å². The third-order valence-electron chi connectivity index (χ3n) is 6.85. The van der Waals surface area contributed by atoms with Crippen molar-refractivity contribution in [3.8, 4) is 5.75 Å². The predicted octanol–water partition coefficient (Wildman–Crippen LogP) is 1.76. The number of nitrogens with one attached hydrogen (secondary N) is 3. The van der Waals surface area contributed by atoms with Gasteiger partial charge in [-0.05, 0) is 69.0 Å². The van der Waals surface area contributed by atoms with E-state index in [4.69, 9.17) is 21.4 Å². The van der Waals surface area contributed by atoms with Crippen LogP contribution in [0.3, 0.4) is 0 Å². The smallest absolute Gasteiger partial charge is 0.258 e. The lowest BCUT2D eigenvalue weighted by Crippen LogP contribution is -2.58. The highest BCUT2D eigenvalue weighted by atomic mass is 35.5. The van der Waals surface area contributed by atoms with Gasteiger partial charge in [0.25, 0.3) is 5.91 Å². The topological polar surface area (TPSA) is 99.7 Å². The van der Waals surface area contributed by atoms with E-state index in [1.807, 2.05) is 0 Å². The molecule has 9 heteroatoms. The van der Waals surface area contributed by atoms with Crippen LogP contribution in [0.4, 0.5) is 4.39 Å². The van der Waals surface area contributed by atoms with Crippen molar-refractivity contribution in [2.75, 3.05) is 19.8 Å². The minimum Gasteiger partial charge on any atom is -0.484 e. The molecule has 2 amide bonds. The fourth-order valence-corrected chi connectivity index (χ4v) is 5.38. The molecule has 3 atom stereocenters. The molecule has 0 radical (unpaired) electrons. The first-order valence-corrected chi connectivity index (χ1v) is 11.3. The summed E-state index contributed by atoms with van der Waals surface area (Å²) in [5, 5.41) is 18.7. The summed E-state index contributed by atoms with van der Waals surface area (Å²) < 4.78 is 18.8. The lowest BCUT2D eigenvalue weighted by molar-refractivity contribution is -0.127. The number of aliphatic hydroxyl groups is 1. The van der Waals surface area contributed by atoms with Gasteiger partial charge in [0, 0.05) is 24.3 Å². The average molecular weight is 454 g/mol. The summed E-state index contributed by atoms with van der Waals surface area (Å²) in [6.45, 7) is 0.735. The largest absolute Gasteiger partial charge is 0.484 e. The van der Waals surface area contributed by atoms with Crippen molar-refractivity contribution in [1.29, 1.82) is 0 Å². The molecular formula is C22H29ClFN3O4. The normalized spacial score (nSPS) is 31.6. The number of carbonyl (C=O) groups is 2. The molecule has 7 nitrogen and oxygen atoms in total. The van der Waals surface area contributed by atoms with Crippen LogP contribution in [0.25, 0.3) is 0 Å². The van der Waals surface area contributed by atoms with Gasteiger partial charge in [0.15, 0.2) is 6.61 Å². The first-order chi connectivity index (χ1) is 14.9. The number of hydrogen-bond acceptors (Lipinski definition) is 5. The van der Waals surface area contributed by atoms with Gasteiger partial charge in [-0.3, -0.25) is 9.59 Å². The van der Waals surface area contributed by atoms with Crippen LogP contribution in [0.1, 0.15) is 38.5 Å². The van der Waals surface area contributed by atoms with Crippen molar-refractivity contribution in [2.45, 2.75) is 56.1 Å². The van der Waals surface area contributed by atoms with Crippen molar-refractivity contribution in [3.63, 3.8) is 0 Å². The first kappa shape index (κ1) is 22.3. The van der Waals surface area contributed by atoms with E-state index >= 15 is 0 Å². The Labute approximate surface area is 186 Å². The maximum atomic E-state index is 13.5. The van der Waals surface area contributed by atoms with Crippen molar-refractivity contribution in [1.82, 2.24) is 16.0 Å². The summed E-state index contributed by atoms with van der Waals surface area (Å²) in [5.74, 6) is 0.119. The summed E-state index contributed by atoms with van der Waals surface area (Å²) in [6.07, 6.45) is 4.89. The van der Waals surface area contributed by atoms with Gasteiger partial charge in [-0.1, -0.05) is 11.6 Å². The lowest BCUT2D eigenvalue weighted by atomic mass is 9.76. The molecule has 31 heavy (non-hydrogen) atoms. The highest BCUT2D eigenvalue weighted by Crippen LogP contribution is 2.52. The molecule has 0 aromatic heterocycles. The molecule has 4 fully saturated rings. The Morgan fingerprint density at radius 3 is 2.87 bits per heavy atom. The van der Waals surface area contributed by atoms with Gasteiger partial charge in [-0.15, -0.1) is 0 Å². The van der Waals surface area contributed by atoms with Crippen molar-refractivity contribution in [3.05, 3.63) is 29.0 Å². The Bertz CT molecular complexity index is 831. The highest BCUT2D eigenvalue weighted by Gasteiger charge is 2.57. The minimum atomic E-state index is -0.594. The van der Waals surface area contributed by atoms with Crippen LogP contribution < -0.4 is 20.7 Å². The first-order valence-electron chi connectivity index (χ1n) is 10.9. The van der Waals surface area contributed by atoms with E-state index in [2.05, 4.69) is 16.0 Å². The maximum Gasteiger partial charge on any atom is 0.258 e. The highest BCUT2D eigenvalue weighted by molar-refractivity contribution is 6.30. The molecule has 1 aliphatic heterocycles. The summed E-state index contributed by atoms with van der Waals surface area (Å²) in [5.41, 5.74) is -0.245. The monoisotopic (exact) mass is 453 g/mol. The number of rotatable bonds is 8. The van der Waals surface area contributed by atoms with Gasteiger partial charge < -0.3 is 25.8 Å². The van der Waals surface area contributed by atoms with Crippen molar-refractivity contribution < 1.29 is 23.8 Å². The Morgan fingerprint density at radius 1 is 1.32 bits per heavy atom. The van der Waals surface area contributed by atoms with E-state index in [1.54, 1.807) is 0 Å². The van der Waals surface area contributed by atoms with E-state index in [0.717, 1.165) is 44.7 Å². The molecule has 4 aliphatic rings. The number of fused-ring (bicyclic) bond motifs is 1. The second-order valence-electron chi connectivity index (χ2n) is 9.09. The standard InChI is InChI=1S/C22H29ClFN3O4/c23-16-2-1-15(8-17(16)24)31-12-20(29)26-19-11-22(9-14(19)10-22)27-21(30)18-7-13(4-6-28)3-5-25-18/h1-2,8,13-14,18-19,25,28H,3-7,9-12H2,(H,26,29)(H,27,30). The van der Waals surface area contributed by atoms with Crippen LogP contribution >= 0.6 is 11.6 Å². The third-order valence-corrected chi connectivity index (χ3v) is 7.15. The average Bonchev–Trinajstić information content (AvgIpc) is 3.23. The second-order valence-corrected chi connectivity index (χ2v) is 9.50. The number of amides is 2. The van der Waals surface area contributed by atoms with Gasteiger partial charge in [0.2, 0.25) is 5.91 Å². The minimum absolute atomic E-state index is 0.000179. The number of halogens is 2. The number of benzene rings is 1. The molecular weight excluding hydrogens is 425 g/mol. The number of hydrogen-bond donors (Lipinski definition) is 4. The fraction of sp³-hybridized carbons (Fsp3) is 0.636. The van der Waals surface area contributed by atoms with Gasteiger partial charge in [-0.2, -0.15) is 0 Å². The van der Waals surface area contributed by atoms with Crippen LogP contribution in [-0.4, -0.2) is 54.3 Å². The van der Waals surface area contributed by atoms with Gasteiger partial charge in [0.05, 0.1) is 11.1 Å². The number of ether oxygens (including phenoxy) is 1. The molecule has 3 aliphatic carbocycles. The molecule has 1 heterocycles. The molecule has 170 valence electrons. The van der Waals surface area contributed by atoms with Crippen LogP contribution in [0.2, 0.25) is 5.02 Å². The van der Waals surface area contributed by atoms with Crippen molar-refractivity contribution >= 4 is 23.4 Å². The summed E-state index contributed by atoms with van der Waals surface area (Å²) in [7, 11) is 0. The molecule has 1 saturated heterocycles. The van der Waals surface area contributed by atoms with Crippen LogP contribution in [-0.2, 0) is 9.59 Å². The van der Waals surface area contributed by atoms with Crippen LogP contribution in [0.5, 0.6) is 5.75 Å². The number of carbonyl (C=O) groups excluding carboxylic acids is 2. The van der Waals surface area contributed by atoms with Crippen LogP contribution in [0.15, 0.2) is 18.2 Å². The molecule has 4 N–H and O–H groups in total. The molecule has 2 bridgehead atoms. The Morgan fingerprint density at radius 2 is 2.13 bits per heavy atom. The molecule has 1 aromatic carbocycles. The number of aliphatic hydroxyl groups excluding tert-OH is 1. The zero-order valence-corrected chi connectivity index (χ0v) is 18.1. The van der Waals surface area contributed by atoms with Gasteiger partial charge >= 0.3 is 0 Å². The molecule has 3 saturated carbocycles. The lowest BCUT2D eigenvalue weighted by Gasteiger charge is -2.41. The maximum absolute atomic E-state index is 13.5. The summed E-state index contributed by atoms with van der Waals surface area (Å²) >= 11 is 5.64. The second kappa shape index (κ2) is 9.30. The van der Waals surface area contributed by atoms with E-state index in [9.17, 15) is 14.0 Å². The third kappa shape index (κ3) is 5.13.